The zero-order valence-electron chi connectivity index (χ0n) is 19.2. The molecule has 2 heterocycles. The number of rotatable bonds is 6. The molecule has 3 N–H and O–H groups in total. The largest absolute Gasteiger partial charge is 0.399 e. The number of fused-ring (bicyclic) bond motifs is 1. The molecule has 0 bridgehead atoms. The van der Waals surface area contributed by atoms with Crippen molar-refractivity contribution in [2.24, 2.45) is 5.92 Å². The molecule has 4 rings (SSSR count). The quantitative estimate of drug-likeness (QED) is 0.537. The number of hydrogen-bond acceptors (Lipinski definition) is 5. The van der Waals surface area contributed by atoms with Crippen LogP contribution in [-0.4, -0.2) is 59.7 Å². The van der Waals surface area contributed by atoms with Crippen molar-refractivity contribution in [2.75, 3.05) is 38.2 Å². The second-order valence-corrected chi connectivity index (χ2v) is 10.8. The lowest BCUT2D eigenvalue weighted by atomic mass is 9.97. The number of carbonyl (C=O) groups excluding carboxylic acids is 1. The molecule has 1 saturated heterocycles. The van der Waals surface area contributed by atoms with E-state index in [4.69, 9.17) is 5.73 Å². The Hall–Kier alpha value is -2.95. The summed E-state index contributed by atoms with van der Waals surface area (Å²) in [6, 6.07) is 13.7. The summed E-state index contributed by atoms with van der Waals surface area (Å²) in [5.41, 5.74) is 10.6. The van der Waals surface area contributed by atoms with Gasteiger partial charge in [0, 0.05) is 38.8 Å². The molecule has 1 amide bonds. The molecule has 0 aliphatic carbocycles. The van der Waals surface area contributed by atoms with Crippen molar-refractivity contribution in [2.45, 2.75) is 26.3 Å². The summed E-state index contributed by atoms with van der Waals surface area (Å²) in [4.78, 5) is 17.7. The normalized spacial score (nSPS) is 15.9. The van der Waals surface area contributed by atoms with Gasteiger partial charge in [0.2, 0.25) is 11.9 Å². The highest BCUT2D eigenvalue weighted by atomic mass is 32.2. The van der Waals surface area contributed by atoms with E-state index in [1.54, 1.807) is 0 Å². The van der Waals surface area contributed by atoms with E-state index >= 15 is 0 Å². The first-order valence-corrected chi connectivity index (χ1v) is 12.3. The van der Waals surface area contributed by atoms with Gasteiger partial charge in [-0.25, -0.2) is 4.98 Å². The van der Waals surface area contributed by atoms with Crippen LogP contribution in [0.3, 0.4) is 0 Å². The second-order valence-electron chi connectivity index (χ2n) is 8.65. The molecular weight excluding hydrogens is 440 g/mol. The predicted molar refractivity (Wildman–Crippen MR) is 130 cm³/mol. The minimum atomic E-state index is -3.46. The number of aromatic nitrogens is 2. The van der Waals surface area contributed by atoms with Gasteiger partial charge in [-0.15, -0.1) is 0 Å². The van der Waals surface area contributed by atoms with Crippen LogP contribution in [0.15, 0.2) is 42.5 Å². The van der Waals surface area contributed by atoms with Crippen LogP contribution < -0.4 is 11.1 Å². The van der Waals surface area contributed by atoms with E-state index in [-0.39, 0.29) is 11.8 Å². The van der Waals surface area contributed by atoms with E-state index < -0.39 is 10.2 Å². The number of nitrogens with two attached hydrogens (primary N) is 1. The molecule has 0 spiro atoms. The molecule has 9 nitrogen and oxygen atoms in total. The van der Waals surface area contributed by atoms with Gasteiger partial charge in [0.15, 0.2) is 0 Å². The number of imidazole rings is 1. The number of amides is 1. The van der Waals surface area contributed by atoms with Gasteiger partial charge in [0.05, 0.1) is 17.6 Å². The summed E-state index contributed by atoms with van der Waals surface area (Å²) in [7, 11) is -0.437. The molecule has 10 heteroatoms. The van der Waals surface area contributed by atoms with Crippen molar-refractivity contribution in [3.63, 3.8) is 0 Å². The third kappa shape index (κ3) is 4.73. The van der Waals surface area contributed by atoms with Gasteiger partial charge in [-0.2, -0.15) is 17.0 Å². The van der Waals surface area contributed by atoms with Crippen LogP contribution in [0.4, 0.5) is 11.6 Å². The lowest BCUT2D eigenvalue weighted by Crippen LogP contribution is -2.46. The van der Waals surface area contributed by atoms with E-state index in [0.29, 0.717) is 38.4 Å². The molecule has 0 saturated carbocycles. The summed E-state index contributed by atoms with van der Waals surface area (Å²) < 4.78 is 29.3. The van der Waals surface area contributed by atoms with Gasteiger partial charge in [-0.05, 0) is 49.1 Å². The Balaban J connectivity index is 1.53. The number of nitrogens with one attached hydrogen (secondary N) is 1. The molecule has 1 aromatic heterocycles. The maximum Gasteiger partial charge on any atom is 0.281 e. The standard InChI is InChI=1S/C23H30N6O3S/c1-16-8-9-17(14-19(16)24)15-29-21-7-5-4-6-20(21)25-23(29)26-22(30)18-10-12-28(13-11-18)33(31,32)27(2)3/h4-9,14,18H,10-13,15,24H2,1-3H3,(H,25,26,30). The maximum absolute atomic E-state index is 13.1. The fraction of sp³-hybridized carbons (Fsp3) is 0.391. The fourth-order valence-electron chi connectivity index (χ4n) is 4.09. The Morgan fingerprint density at radius 1 is 1.18 bits per heavy atom. The summed E-state index contributed by atoms with van der Waals surface area (Å²) in [6.45, 7) is 3.11. The molecule has 0 atom stereocenters. The summed E-state index contributed by atoms with van der Waals surface area (Å²) in [5, 5.41) is 3.00. The molecule has 3 aromatic rings. The Morgan fingerprint density at radius 2 is 1.88 bits per heavy atom. The highest BCUT2D eigenvalue weighted by Gasteiger charge is 2.32. The van der Waals surface area contributed by atoms with E-state index in [1.165, 1.54) is 22.7 Å². The van der Waals surface area contributed by atoms with E-state index in [2.05, 4.69) is 10.3 Å². The Morgan fingerprint density at radius 3 is 2.55 bits per heavy atom. The molecule has 1 aliphatic rings. The minimum Gasteiger partial charge on any atom is -0.399 e. The maximum atomic E-state index is 13.1. The second kappa shape index (κ2) is 9.12. The molecular formula is C23H30N6O3S. The van der Waals surface area contributed by atoms with Crippen LogP contribution in [0, 0.1) is 12.8 Å². The number of nitrogen functional groups attached to an aromatic ring is 1. The van der Waals surface area contributed by atoms with Gasteiger partial charge in [-0.1, -0.05) is 24.3 Å². The van der Waals surface area contributed by atoms with Crippen molar-refractivity contribution >= 4 is 38.8 Å². The van der Waals surface area contributed by atoms with E-state index in [9.17, 15) is 13.2 Å². The first-order chi connectivity index (χ1) is 15.7. The van der Waals surface area contributed by atoms with E-state index in [0.717, 1.165) is 27.8 Å². The Kier molecular flexibility index (Phi) is 6.42. The molecule has 33 heavy (non-hydrogen) atoms. The molecule has 0 unspecified atom stereocenters. The predicted octanol–water partition coefficient (Wildman–Crippen LogP) is 2.43. The fourth-order valence-corrected chi connectivity index (χ4v) is 5.23. The number of aryl methyl sites for hydroxylation is 1. The molecule has 1 fully saturated rings. The summed E-state index contributed by atoms with van der Waals surface area (Å²) in [6.07, 6.45) is 0.932. The van der Waals surface area contributed by atoms with E-state index in [1.807, 2.05) is 54.0 Å². The minimum absolute atomic E-state index is 0.142. The average molecular weight is 471 g/mol. The van der Waals surface area contributed by atoms with Crippen LogP contribution in [0.5, 0.6) is 0 Å². The Labute approximate surface area is 194 Å². The number of carbonyl (C=O) groups is 1. The van der Waals surface area contributed by atoms with Crippen LogP contribution >= 0.6 is 0 Å². The lowest BCUT2D eigenvalue weighted by Gasteiger charge is -2.32. The van der Waals surface area contributed by atoms with Gasteiger partial charge < -0.3 is 10.3 Å². The van der Waals surface area contributed by atoms with Gasteiger partial charge >= 0.3 is 0 Å². The molecule has 176 valence electrons. The lowest BCUT2D eigenvalue weighted by molar-refractivity contribution is -0.121. The van der Waals surface area contributed by atoms with Gasteiger partial charge in [0.1, 0.15) is 0 Å². The first-order valence-electron chi connectivity index (χ1n) is 11.0. The van der Waals surface area contributed by atoms with Crippen molar-refractivity contribution in [3.8, 4) is 0 Å². The monoisotopic (exact) mass is 470 g/mol. The smallest absolute Gasteiger partial charge is 0.281 e. The van der Waals surface area contributed by atoms with Crippen LogP contribution in [0.25, 0.3) is 11.0 Å². The number of nitrogens with zero attached hydrogens (tertiary/aromatic N) is 4. The highest BCUT2D eigenvalue weighted by Crippen LogP contribution is 2.25. The van der Waals surface area contributed by atoms with Crippen molar-refractivity contribution < 1.29 is 13.2 Å². The molecule has 2 aromatic carbocycles. The van der Waals surface area contributed by atoms with Crippen molar-refractivity contribution in [1.29, 1.82) is 0 Å². The average Bonchev–Trinajstić information content (AvgIpc) is 3.13. The summed E-state index contributed by atoms with van der Waals surface area (Å²) in [5.74, 6) is 0.0578. The van der Waals surface area contributed by atoms with Crippen molar-refractivity contribution in [3.05, 3.63) is 53.6 Å². The van der Waals surface area contributed by atoms with Crippen LogP contribution in [-0.2, 0) is 21.5 Å². The number of piperidine rings is 1. The zero-order valence-corrected chi connectivity index (χ0v) is 20.0. The highest BCUT2D eigenvalue weighted by molar-refractivity contribution is 7.86. The van der Waals surface area contributed by atoms with Gasteiger partial charge in [-0.3, -0.25) is 10.1 Å². The number of anilines is 2. The number of hydrogen-bond donors (Lipinski definition) is 2. The first kappa shape index (κ1) is 23.2. The SMILES string of the molecule is Cc1ccc(Cn2c(NC(=O)C3CCN(S(=O)(=O)N(C)C)CC3)nc3ccccc32)cc1N. The van der Waals surface area contributed by atoms with Crippen molar-refractivity contribution in [1.82, 2.24) is 18.2 Å². The van der Waals surface area contributed by atoms with Crippen LogP contribution in [0.1, 0.15) is 24.0 Å². The molecule has 0 radical (unpaired) electrons. The number of para-hydroxylation sites is 2. The third-order valence-corrected chi connectivity index (χ3v) is 8.13. The van der Waals surface area contributed by atoms with Crippen LogP contribution in [0.2, 0.25) is 0 Å². The number of benzene rings is 2. The molecule has 1 aliphatic heterocycles. The Bertz CT molecular complexity index is 1280. The topological polar surface area (TPSA) is 114 Å². The third-order valence-electron chi connectivity index (χ3n) is 6.19. The summed E-state index contributed by atoms with van der Waals surface area (Å²) >= 11 is 0. The zero-order chi connectivity index (χ0) is 23.8. The van der Waals surface area contributed by atoms with Gasteiger partial charge in [0.25, 0.3) is 10.2 Å².